The fraction of sp³-hybridized carbons (Fsp3) is 0.240. The van der Waals surface area contributed by atoms with Crippen molar-refractivity contribution in [3.8, 4) is 17.2 Å². The maximum atomic E-state index is 12.9. The first-order valence-electron chi connectivity index (χ1n) is 10.7. The summed E-state index contributed by atoms with van der Waals surface area (Å²) >= 11 is 0. The molecule has 0 fully saturated rings. The summed E-state index contributed by atoms with van der Waals surface area (Å²) in [6, 6.07) is 12.3. The van der Waals surface area contributed by atoms with E-state index in [1.807, 2.05) is 13.8 Å². The Bertz CT molecular complexity index is 1200. The van der Waals surface area contributed by atoms with E-state index in [0.29, 0.717) is 40.5 Å². The van der Waals surface area contributed by atoms with Crippen LogP contribution in [-0.2, 0) is 9.59 Å². The minimum absolute atomic E-state index is 0.173. The van der Waals surface area contributed by atoms with Gasteiger partial charge < -0.3 is 25.0 Å². The Hall–Kier alpha value is -4.27. The van der Waals surface area contributed by atoms with Crippen molar-refractivity contribution in [2.75, 3.05) is 13.7 Å². The quantitative estimate of drug-likeness (QED) is 0.495. The zero-order chi connectivity index (χ0) is 24.8. The predicted octanol–water partition coefficient (Wildman–Crippen LogP) is 4.38. The molecule has 1 heterocycles. The number of benzene rings is 2. The standard InChI is InChI=1S/C25H27N3O6/c1-5-15(3)22-21-18(11-8-12-19(21)34-17-10-7-9-16(13-17)33-4)24(31)23(28(22)27-6-2)25(32)26-14-20(29)30/h6-13,31H,5,14H2,1-4H3,(H,26,32)(H,29,30)/b22-15?,27-6-. The van der Waals surface area contributed by atoms with E-state index in [9.17, 15) is 14.7 Å². The van der Waals surface area contributed by atoms with Crippen molar-refractivity contribution in [3.05, 3.63) is 64.9 Å². The van der Waals surface area contributed by atoms with Gasteiger partial charge in [0.1, 0.15) is 23.8 Å². The Morgan fingerprint density at radius 1 is 1.18 bits per heavy atom. The molecule has 0 aromatic heterocycles. The van der Waals surface area contributed by atoms with Gasteiger partial charge in [-0.2, -0.15) is 5.10 Å². The third-order valence-electron chi connectivity index (χ3n) is 5.22. The number of ether oxygens (including phenoxy) is 2. The number of nitrogens with zero attached hydrogens (tertiary/aromatic N) is 2. The molecular weight excluding hydrogens is 438 g/mol. The van der Waals surface area contributed by atoms with Crippen LogP contribution in [0.2, 0.25) is 0 Å². The lowest BCUT2D eigenvalue weighted by Crippen LogP contribution is -2.37. The summed E-state index contributed by atoms with van der Waals surface area (Å²) in [4.78, 5) is 23.9. The molecule has 0 aliphatic carbocycles. The molecule has 1 amide bonds. The fourth-order valence-electron chi connectivity index (χ4n) is 3.53. The largest absolute Gasteiger partial charge is 0.505 e. The van der Waals surface area contributed by atoms with Gasteiger partial charge in [0, 0.05) is 17.8 Å². The molecule has 1 aliphatic rings. The van der Waals surface area contributed by atoms with Gasteiger partial charge in [-0.3, -0.25) is 9.59 Å². The van der Waals surface area contributed by atoms with Crippen LogP contribution in [-0.4, -0.2) is 47.0 Å². The molecule has 178 valence electrons. The number of carbonyl (C=O) groups is 2. The van der Waals surface area contributed by atoms with Gasteiger partial charge in [0.2, 0.25) is 0 Å². The lowest BCUT2D eigenvalue weighted by molar-refractivity contribution is -0.137. The van der Waals surface area contributed by atoms with Crippen molar-refractivity contribution in [3.63, 3.8) is 0 Å². The molecule has 0 saturated carbocycles. The van der Waals surface area contributed by atoms with Gasteiger partial charge in [0.15, 0.2) is 11.5 Å². The van der Waals surface area contributed by atoms with E-state index < -0.39 is 18.4 Å². The van der Waals surface area contributed by atoms with Crippen LogP contribution in [0, 0.1) is 0 Å². The van der Waals surface area contributed by atoms with E-state index in [0.717, 1.165) is 5.57 Å². The first-order chi connectivity index (χ1) is 16.3. The topological polar surface area (TPSA) is 121 Å². The van der Waals surface area contributed by atoms with Crippen LogP contribution in [0.15, 0.2) is 58.8 Å². The lowest BCUT2D eigenvalue weighted by Gasteiger charge is -2.33. The van der Waals surface area contributed by atoms with E-state index in [2.05, 4.69) is 10.4 Å². The second-order valence-electron chi connectivity index (χ2n) is 7.40. The highest BCUT2D eigenvalue weighted by Crippen LogP contribution is 2.45. The smallest absolute Gasteiger partial charge is 0.322 e. The number of carbonyl (C=O) groups excluding carboxylic acids is 1. The van der Waals surface area contributed by atoms with E-state index in [1.54, 1.807) is 56.5 Å². The van der Waals surface area contributed by atoms with Crippen molar-refractivity contribution in [1.82, 2.24) is 10.3 Å². The normalized spacial score (nSPS) is 14.6. The number of hydrazone groups is 1. The zero-order valence-electron chi connectivity index (χ0n) is 19.5. The molecule has 9 heteroatoms. The molecule has 3 rings (SSSR count). The van der Waals surface area contributed by atoms with Gasteiger partial charge in [0.25, 0.3) is 5.91 Å². The van der Waals surface area contributed by atoms with Gasteiger partial charge in [0.05, 0.1) is 18.4 Å². The molecule has 0 saturated heterocycles. The number of hydrogen-bond donors (Lipinski definition) is 3. The summed E-state index contributed by atoms with van der Waals surface area (Å²) in [6.45, 7) is 4.94. The number of amides is 1. The summed E-state index contributed by atoms with van der Waals surface area (Å²) in [5.74, 6) is -0.713. The molecule has 34 heavy (non-hydrogen) atoms. The Balaban J connectivity index is 2.24. The van der Waals surface area contributed by atoms with Gasteiger partial charge in [-0.25, -0.2) is 5.01 Å². The van der Waals surface area contributed by atoms with Crippen LogP contribution in [0.25, 0.3) is 11.5 Å². The van der Waals surface area contributed by atoms with Gasteiger partial charge in [-0.1, -0.05) is 25.1 Å². The number of aliphatic hydroxyl groups is 1. The zero-order valence-corrected chi connectivity index (χ0v) is 19.5. The van der Waals surface area contributed by atoms with Crippen LogP contribution in [0.1, 0.15) is 38.3 Å². The average Bonchev–Trinajstić information content (AvgIpc) is 2.83. The summed E-state index contributed by atoms with van der Waals surface area (Å²) < 4.78 is 11.5. The highest BCUT2D eigenvalue weighted by atomic mass is 16.5. The van der Waals surface area contributed by atoms with E-state index in [4.69, 9.17) is 14.6 Å². The third kappa shape index (κ3) is 4.88. The van der Waals surface area contributed by atoms with E-state index in [-0.39, 0.29) is 11.5 Å². The van der Waals surface area contributed by atoms with Crippen LogP contribution in [0.3, 0.4) is 0 Å². The number of allylic oxidation sites excluding steroid dienone is 1. The second kappa shape index (κ2) is 10.6. The summed E-state index contributed by atoms with van der Waals surface area (Å²) in [6.07, 6.45) is 2.11. The molecule has 2 aromatic rings. The van der Waals surface area contributed by atoms with Crippen molar-refractivity contribution >= 4 is 29.5 Å². The predicted molar refractivity (Wildman–Crippen MR) is 129 cm³/mol. The average molecular weight is 466 g/mol. The molecule has 0 atom stereocenters. The lowest BCUT2D eigenvalue weighted by atomic mass is 9.92. The Morgan fingerprint density at radius 2 is 1.88 bits per heavy atom. The number of fused-ring (bicyclic) bond motifs is 1. The molecule has 2 aromatic carbocycles. The number of methoxy groups -OCH3 is 1. The van der Waals surface area contributed by atoms with Crippen LogP contribution < -0.4 is 14.8 Å². The van der Waals surface area contributed by atoms with Crippen molar-refractivity contribution < 1.29 is 29.3 Å². The van der Waals surface area contributed by atoms with Crippen LogP contribution in [0.4, 0.5) is 0 Å². The highest BCUT2D eigenvalue weighted by Gasteiger charge is 2.36. The van der Waals surface area contributed by atoms with Crippen LogP contribution >= 0.6 is 0 Å². The van der Waals surface area contributed by atoms with Gasteiger partial charge in [-0.15, -0.1) is 0 Å². The highest BCUT2D eigenvalue weighted by molar-refractivity contribution is 6.05. The second-order valence-corrected chi connectivity index (χ2v) is 7.40. The molecule has 0 unspecified atom stereocenters. The number of hydrogen-bond acceptors (Lipinski definition) is 7. The molecular formula is C25H27N3O6. The molecule has 9 nitrogen and oxygen atoms in total. The molecule has 0 bridgehead atoms. The first kappa shape index (κ1) is 24.4. The minimum atomic E-state index is -1.20. The Kier molecular flexibility index (Phi) is 7.57. The number of aliphatic carboxylic acids is 1. The van der Waals surface area contributed by atoms with Gasteiger partial charge >= 0.3 is 5.97 Å². The Labute approximate surface area is 197 Å². The SMILES string of the molecule is C/C=N\N1C(C(=O)NCC(=O)O)=C(O)c2cccc(Oc3cccc(OC)c3)c2C1=C(C)CC. The molecule has 0 spiro atoms. The molecule has 3 N–H and O–H groups in total. The van der Waals surface area contributed by atoms with Crippen molar-refractivity contribution in [2.45, 2.75) is 27.2 Å². The van der Waals surface area contributed by atoms with E-state index >= 15 is 0 Å². The number of rotatable bonds is 8. The van der Waals surface area contributed by atoms with Crippen molar-refractivity contribution in [2.24, 2.45) is 5.10 Å². The monoisotopic (exact) mass is 465 g/mol. The van der Waals surface area contributed by atoms with Gasteiger partial charge in [-0.05, 0) is 44.0 Å². The number of carboxylic acids is 1. The number of aliphatic hydroxyl groups excluding tert-OH is 1. The fourth-order valence-corrected chi connectivity index (χ4v) is 3.53. The maximum Gasteiger partial charge on any atom is 0.322 e. The summed E-state index contributed by atoms with van der Waals surface area (Å²) in [7, 11) is 1.56. The Morgan fingerprint density at radius 3 is 2.53 bits per heavy atom. The van der Waals surface area contributed by atoms with Crippen LogP contribution in [0.5, 0.6) is 17.2 Å². The number of nitrogens with one attached hydrogen (secondary N) is 1. The van der Waals surface area contributed by atoms with E-state index in [1.165, 1.54) is 11.2 Å². The molecule has 0 radical (unpaired) electrons. The molecule has 1 aliphatic heterocycles. The minimum Gasteiger partial charge on any atom is -0.505 e. The first-order valence-corrected chi connectivity index (χ1v) is 10.7. The summed E-state index contributed by atoms with van der Waals surface area (Å²) in [5.41, 5.74) is 2.19. The summed E-state index contributed by atoms with van der Waals surface area (Å²) in [5, 5.41) is 28.1. The number of carboxylic acid groups (broad SMARTS) is 1. The van der Waals surface area contributed by atoms with Crippen molar-refractivity contribution in [1.29, 1.82) is 0 Å². The third-order valence-corrected chi connectivity index (χ3v) is 5.22. The maximum absolute atomic E-state index is 12.9.